The summed E-state index contributed by atoms with van der Waals surface area (Å²) in [7, 11) is 1.33. The zero-order chi connectivity index (χ0) is 4.12. The summed E-state index contributed by atoms with van der Waals surface area (Å²) in [6.07, 6.45) is 3.18. The molecule has 0 aliphatic rings. The van der Waals surface area contributed by atoms with E-state index in [9.17, 15) is 0 Å². The third-order valence-electron chi connectivity index (χ3n) is 0.493. The average molecular weight is 196 g/mol. The van der Waals surface area contributed by atoms with E-state index in [1.807, 2.05) is 6.08 Å². The van der Waals surface area contributed by atoms with Crippen LogP contribution in [0.5, 0.6) is 0 Å². The first-order chi connectivity index (χ1) is 2.41. The largest absolute Gasteiger partial charge is 0.147 e. The van der Waals surface area contributed by atoms with Crippen LogP contribution in [-0.4, -0.2) is 10.2 Å². The summed E-state index contributed by atoms with van der Waals surface area (Å²) in [6, 6.07) is 1.36. The Morgan fingerprint density at radius 2 is 1.62 bits per heavy atom. The Labute approximate surface area is 72.8 Å². The molecule has 0 nitrogen and oxygen atoms in total. The van der Waals surface area contributed by atoms with E-state index in [0.29, 0.717) is 0 Å². The van der Waals surface area contributed by atoms with Gasteiger partial charge < -0.3 is 0 Å². The SMILES string of the molecule is C=CCC[SiH3].Cl.Cl.Cl. The Hall–Kier alpha value is 0.827. The first-order valence-corrected chi connectivity index (χ1v) is 3.44. The van der Waals surface area contributed by atoms with Gasteiger partial charge in [0.2, 0.25) is 0 Å². The van der Waals surface area contributed by atoms with Crippen molar-refractivity contribution in [2.45, 2.75) is 12.5 Å². The van der Waals surface area contributed by atoms with Gasteiger partial charge in [-0.2, -0.15) is 0 Å². The third-order valence-corrected chi connectivity index (χ3v) is 1.07. The minimum Gasteiger partial charge on any atom is -0.147 e. The van der Waals surface area contributed by atoms with Gasteiger partial charge in [0, 0.05) is 10.2 Å². The lowest BCUT2D eigenvalue weighted by Gasteiger charge is -1.72. The normalized spacial score (nSPS) is 5.00. The van der Waals surface area contributed by atoms with Crippen molar-refractivity contribution in [1.29, 1.82) is 0 Å². The Kier molecular flexibility index (Phi) is 72.3. The summed E-state index contributed by atoms with van der Waals surface area (Å²) >= 11 is 0. The lowest BCUT2D eigenvalue weighted by atomic mass is 10.5. The van der Waals surface area contributed by atoms with Gasteiger partial charge in [0.25, 0.3) is 0 Å². The van der Waals surface area contributed by atoms with Gasteiger partial charge in [-0.1, -0.05) is 12.1 Å². The van der Waals surface area contributed by atoms with Gasteiger partial charge in [-0.3, -0.25) is 0 Å². The molecule has 0 saturated heterocycles. The highest BCUT2D eigenvalue weighted by molar-refractivity contribution is 6.08. The van der Waals surface area contributed by atoms with E-state index in [-0.39, 0.29) is 37.2 Å². The maximum atomic E-state index is 3.57. The van der Waals surface area contributed by atoms with Crippen molar-refractivity contribution in [2.75, 3.05) is 0 Å². The summed E-state index contributed by atoms with van der Waals surface area (Å²) in [4.78, 5) is 0. The van der Waals surface area contributed by atoms with E-state index < -0.39 is 0 Å². The number of hydrogen-bond donors (Lipinski definition) is 0. The van der Waals surface area contributed by atoms with Crippen LogP contribution in [0.25, 0.3) is 0 Å². The molecule has 0 amide bonds. The van der Waals surface area contributed by atoms with Crippen molar-refractivity contribution in [3.05, 3.63) is 12.7 Å². The molecular weight excluding hydrogens is 182 g/mol. The zero-order valence-electron chi connectivity index (χ0n) is 4.92. The lowest BCUT2D eigenvalue weighted by molar-refractivity contribution is 1.22. The van der Waals surface area contributed by atoms with Crippen LogP contribution < -0.4 is 0 Å². The second-order valence-electron chi connectivity index (χ2n) is 1.08. The minimum atomic E-state index is 0. The number of allylic oxidation sites excluding steroid dienone is 1. The number of rotatable bonds is 2. The topological polar surface area (TPSA) is 0 Å². The highest BCUT2D eigenvalue weighted by Gasteiger charge is 1.62. The second kappa shape index (κ2) is 24.9. The molecule has 0 aromatic heterocycles. The number of halogens is 3. The quantitative estimate of drug-likeness (QED) is 0.464. The summed E-state index contributed by atoms with van der Waals surface area (Å²) in [5.41, 5.74) is 0. The maximum absolute atomic E-state index is 3.57. The van der Waals surface area contributed by atoms with E-state index in [2.05, 4.69) is 6.58 Å². The Morgan fingerprint density at radius 1 is 1.25 bits per heavy atom. The van der Waals surface area contributed by atoms with Crippen LogP contribution in [0.3, 0.4) is 0 Å². The van der Waals surface area contributed by atoms with Crippen LogP contribution in [0.1, 0.15) is 6.42 Å². The van der Waals surface area contributed by atoms with E-state index in [1.165, 1.54) is 22.7 Å². The molecule has 0 fully saturated rings. The molecule has 0 atom stereocenters. The molecule has 0 aromatic rings. The molecule has 0 spiro atoms. The summed E-state index contributed by atoms with van der Waals surface area (Å²) < 4.78 is 0. The fourth-order valence-corrected chi connectivity index (χ4v) is 0.612. The van der Waals surface area contributed by atoms with Crippen molar-refractivity contribution < 1.29 is 0 Å². The first kappa shape index (κ1) is 23.2. The molecule has 0 unspecified atom stereocenters. The molecule has 0 heterocycles. The molecule has 0 bridgehead atoms. The van der Waals surface area contributed by atoms with Crippen LogP contribution in [0.15, 0.2) is 12.7 Å². The Bertz CT molecular complexity index is 32.5. The average Bonchev–Trinajstić information content (AvgIpc) is 1.41. The summed E-state index contributed by atoms with van der Waals surface area (Å²) in [6.45, 7) is 3.57. The van der Waals surface area contributed by atoms with E-state index >= 15 is 0 Å². The highest BCUT2D eigenvalue weighted by atomic mass is 35.5. The fourth-order valence-electron chi connectivity index (χ4n) is 0.204. The maximum Gasteiger partial charge on any atom is 0.00319 e. The first-order valence-electron chi connectivity index (χ1n) is 2.02. The van der Waals surface area contributed by atoms with Gasteiger partial charge in [0.1, 0.15) is 0 Å². The molecule has 0 N–H and O–H groups in total. The predicted molar refractivity (Wildman–Crippen MR) is 51.3 cm³/mol. The Morgan fingerprint density at radius 3 is 1.62 bits per heavy atom. The summed E-state index contributed by atoms with van der Waals surface area (Å²) in [5.74, 6) is 0. The number of hydrogen-bond acceptors (Lipinski definition) is 0. The molecular formula is C4H13Cl3Si. The lowest BCUT2D eigenvalue weighted by Crippen LogP contribution is -1.58. The van der Waals surface area contributed by atoms with Crippen LogP contribution in [0, 0.1) is 0 Å². The second-order valence-corrected chi connectivity index (χ2v) is 2.08. The summed E-state index contributed by atoms with van der Waals surface area (Å²) in [5, 5.41) is 0. The van der Waals surface area contributed by atoms with Crippen LogP contribution in [0.2, 0.25) is 6.04 Å². The molecule has 4 heteroatoms. The van der Waals surface area contributed by atoms with E-state index in [1.54, 1.807) is 0 Å². The van der Waals surface area contributed by atoms with Gasteiger partial charge in [0.05, 0.1) is 0 Å². The van der Waals surface area contributed by atoms with Crippen LogP contribution in [0.4, 0.5) is 0 Å². The molecule has 8 heavy (non-hydrogen) atoms. The van der Waals surface area contributed by atoms with Gasteiger partial charge in [0.15, 0.2) is 0 Å². The van der Waals surface area contributed by atoms with Crippen molar-refractivity contribution in [3.63, 3.8) is 0 Å². The van der Waals surface area contributed by atoms with E-state index in [0.717, 1.165) is 0 Å². The molecule has 0 aromatic carbocycles. The molecule has 0 aliphatic heterocycles. The predicted octanol–water partition coefficient (Wildman–Crippen LogP) is 1.61. The molecule has 0 radical (unpaired) electrons. The van der Waals surface area contributed by atoms with Crippen LogP contribution >= 0.6 is 37.2 Å². The molecule has 0 saturated carbocycles. The van der Waals surface area contributed by atoms with E-state index in [4.69, 9.17) is 0 Å². The zero-order valence-corrected chi connectivity index (χ0v) is 9.37. The van der Waals surface area contributed by atoms with Gasteiger partial charge in [-0.05, 0) is 6.42 Å². The minimum absolute atomic E-state index is 0. The Balaban J connectivity index is -0.0000000267. The van der Waals surface area contributed by atoms with Crippen LogP contribution in [-0.2, 0) is 0 Å². The molecule has 54 valence electrons. The third kappa shape index (κ3) is 29.0. The molecule has 0 rings (SSSR count). The van der Waals surface area contributed by atoms with Crippen molar-refractivity contribution in [2.24, 2.45) is 0 Å². The monoisotopic (exact) mass is 194 g/mol. The molecule has 0 aliphatic carbocycles. The van der Waals surface area contributed by atoms with Crippen molar-refractivity contribution in [1.82, 2.24) is 0 Å². The fraction of sp³-hybridized carbons (Fsp3) is 0.500. The van der Waals surface area contributed by atoms with Gasteiger partial charge in [-0.25, -0.2) is 0 Å². The van der Waals surface area contributed by atoms with Gasteiger partial charge in [-0.15, -0.1) is 43.8 Å². The standard InChI is InChI=1S/C4H10Si.3ClH/c1-2-3-4-5;;;/h2H,1,3-4H2,5H3;3*1H. The van der Waals surface area contributed by atoms with Crippen molar-refractivity contribution >= 4 is 47.5 Å². The van der Waals surface area contributed by atoms with Gasteiger partial charge >= 0.3 is 0 Å². The smallest absolute Gasteiger partial charge is 0.00319 e. The highest BCUT2D eigenvalue weighted by Crippen LogP contribution is 1.79. The van der Waals surface area contributed by atoms with Crippen molar-refractivity contribution in [3.8, 4) is 0 Å².